The summed E-state index contributed by atoms with van der Waals surface area (Å²) in [5, 5.41) is 10.5. The molecule has 4 fully saturated rings. The second kappa shape index (κ2) is 23.5. The SMILES string of the molecule is Cc1cc(C)c(P(=O)(C2CCCCC2)C2CCCCC2)c(C)c1.Cc1cc(C)c(P(=O)(C2CCCCC2)C2CCCCC2)c(C)c1.O=C(/C=C(\O)C(F)(F)F)C(F)(F)F.[Eu]. The number of hydrogen-bond donors (Lipinski definition) is 1. The number of alkyl halides is 6. The average molecular weight is 1020 g/mol. The van der Waals surface area contributed by atoms with Crippen LogP contribution >= 0.6 is 14.3 Å². The van der Waals surface area contributed by atoms with Crippen molar-refractivity contribution < 1.29 is 94.8 Å². The van der Waals surface area contributed by atoms with Crippen molar-refractivity contribution in [3.05, 3.63) is 69.5 Å². The van der Waals surface area contributed by atoms with Crippen LogP contribution in [0.25, 0.3) is 0 Å². The molecule has 13 heteroatoms. The molecular formula is C47H68EuF6O4P2. The molecule has 0 heterocycles. The van der Waals surface area contributed by atoms with Crippen LogP contribution in [-0.4, -0.2) is 45.9 Å². The van der Waals surface area contributed by atoms with E-state index in [1.165, 1.54) is 172 Å². The summed E-state index contributed by atoms with van der Waals surface area (Å²) < 4.78 is 97.4. The molecule has 1 radical (unpaired) electrons. The molecule has 2 aromatic carbocycles. The second-order valence-electron chi connectivity index (χ2n) is 18.0. The molecular weight excluding hydrogens is 956 g/mol. The predicted octanol–water partition coefficient (Wildman–Crippen LogP) is 14.7. The molecule has 1 N–H and O–H groups in total. The average Bonchev–Trinajstić information content (AvgIpc) is 3.18. The maximum Gasteiger partial charge on any atom is 0.454 e. The van der Waals surface area contributed by atoms with Crippen molar-refractivity contribution in [2.24, 2.45) is 0 Å². The van der Waals surface area contributed by atoms with Gasteiger partial charge in [0.05, 0.1) is 0 Å². The number of carbonyl (C=O) groups is 1. The number of rotatable bonds is 7. The molecule has 60 heavy (non-hydrogen) atoms. The Morgan fingerprint density at radius 2 is 0.733 bits per heavy atom. The van der Waals surface area contributed by atoms with E-state index >= 15 is 0 Å². The second-order valence-corrected chi connectivity index (χ2v) is 24.6. The molecule has 0 spiro atoms. The van der Waals surface area contributed by atoms with Gasteiger partial charge in [-0.2, -0.15) is 26.3 Å². The third-order valence-electron chi connectivity index (χ3n) is 13.3. The van der Waals surface area contributed by atoms with E-state index in [0.29, 0.717) is 22.6 Å². The summed E-state index contributed by atoms with van der Waals surface area (Å²) in [4.78, 5) is 9.86. The van der Waals surface area contributed by atoms with Crippen LogP contribution in [0.2, 0.25) is 0 Å². The summed E-state index contributed by atoms with van der Waals surface area (Å²) >= 11 is 0. The van der Waals surface area contributed by atoms with Crippen molar-refractivity contribution in [2.45, 2.75) is 205 Å². The normalized spacial score (nSPS) is 19.6. The number of aryl methyl sites for hydroxylation is 6. The zero-order valence-electron chi connectivity index (χ0n) is 36.6. The Bertz CT molecular complexity index is 1650. The summed E-state index contributed by atoms with van der Waals surface area (Å²) in [6.45, 7) is 13.1. The van der Waals surface area contributed by atoms with Crippen LogP contribution in [-0.2, 0) is 13.9 Å². The molecule has 4 aliphatic carbocycles. The minimum atomic E-state index is -5.42. The first-order valence-electron chi connectivity index (χ1n) is 22.1. The number of aliphatic hydroxyl groups excluding tert-OH is 1. The van der Waals surface area contributed by atoms with Gasteiger partial charge >= 0.3 is 12.4 Å². The quantitative estimate of drug-likeness (QED) is 0.130. The summed E-state index contributed by atoms with van der Waals surface area (Å²) in [5.41, 5.74) is 9.62. The van der Waals surface area contributed by atoms with Gasteiger partial charge in [0.1, 0.15) is 14.3 Å². The predicted molar refractivity (Wildman–Crippen MR) is 231 cm³/mol. The Balaban J connectivity index is 0.000000249. The number of ketones is 1. The zero-order valence-corrected chi connectivity index (χ0v) is 40.8. The number of halogens is 6. The van der Waals surface area contributed by atoms with E-state index in [1.807, 2.05) is 0 Å². The molecule has 0 atom stereocenters. The molecule has 0 unspecified atom stereocenters. The summed E-state index contributed by atoms with van der Waals surface area (Å²) in [7, 11) is -4.64. The Labute approximate surface area is 396 Å². The van der Waals surface area contributed by atoms with Crippen molar-refractivity contribution in [1.82, 2.24) is 0 Å². The van der Waals surface area contributed by atoms with Crippen molar-refractivity contribution in [2.75, 3.05) is 0 Å². The van der Waals surface area contributed by atoms with Crippen LogP contribution in [0.5, 0.6) is 0 Å². The first-order chi connectivity index (χ1) is 27.6. The largest absolute Gasteiger partial charge is 0.504 e. The number of allylic oxidation sites excluding steroid dienone is 2. The summed E-state index contributed by atoms with van der Waals surface area (Å²) in [5.74, 6) is -5.34. The molecule has 0 amide bonds. The van der Waals surface area contributed by atoms with Crippen molar-refractivity contribution >= 4 is 30.7 Å². The van der Waals surface area contributed by atoms with Gasteiger partial charge < -0.3 is 14.2 Å². The third kappa shape index (κ3) is 13.6. The Morgan fingerprint density at radius 1 is 0.500 bits per heavy atom. The topological polar surface area (TPSA) is 71.4 Å². The van der Waals surface area contributed by atoms with E-state index in [1.54, 1.807) is 0 Å². The van der Waals surface area contributed by atoms with E-state index in [2.05, 4.69) is 65.8 Å². The van der Waals surface area contributed by atoms with Gasteiger partial charge in [-0.1, -0.05) is 112 Å². The van der Waals surface area contributed by atoms with E-state index in [0.717, 1.165) is 0 Å². The molecule has 0 aliphatic heterocycles. The maximum absolute atomic E-state index is 14.7. The van der Waals surface area contributed by atoms with Gasteiger partial charge in [-0.25, -0.2) is 0 Å². The van der Waals surface area contributed by atoms with Crippen LogP contribution in [0.3, 0.4) is 0 Å². The smallest absolute Gasteiger partial charge is 0.454 e. The number of carbonyl (C=O) groups excluding carboxylic acids is 1. The first-order valence-corrected chi connectivity index (χ1v) is 25.7. The number of aliphatic hydroxyl groups is 1. The van der Waals surface area contributed by atoms with Crippen molar-refractivity contribution in [3.63, 3.8) is 0 Å². The minimum Gasteiger partial charge on any atom is -0.504 e. The van der Waals surface area contributed by atoms with E-state index < -0.39 is 44.3 Å². The molecule has 4 saturated carbocycles. The Kier molecular flexibility index (Phi) is 21.0. The van der Waals surface area contributed by atoms with Gasteiger partial charge in [0.25, 0.3) is 5.78 Å². The Hall–Kier alpha value is -0.726. The molecule has 6 rings (SSSR count). The molecule has 4 nitrogen and oxygen atoms in total. The molecule has 4 aliphatic rings. The van der Waals surface area contributed by atoms with E-state index in [4.69, 9.17) is 5.11 Å². The molecule has 339 valence electrons. The number of benzene rings is 2. The van der Waals surface area contributed by atoms with Crippen LogP contribution in [0, 0.1) is 90.9 Å². The van der Waals surface area contributed by atoms with Gasteiger partial charge in [-0.05, 0) is 115 Å². The van der Waals surface area contributed by atoms with E-state index in [-0.39, 0.29) is 49.4 Å². The fraction of sp³-hybridized carbons (Fsp3) is 0.681. The molecule has 2 aromatic rings. The van der Waals surface area contributed by atoms with Crippen LogP contribution in [0.15, 0.2) is 36.1 Å². The molecule has 0 bridgehead atoms. The molecule has 0 aromatic heterocycles. The van der Waals surface area contributed by atoms with Gasteiger partial charge in [-0.3, -0.25) is 4.79 Å². The van der Waals surface area contributed by atoms with Gasteiger partial charge in [0, 0.05) is 88.7 Å². The first kappa shape index (κ1) is 53.6. The van der Waals surface area contributed by atoms with Crippen LogP contribution in [0.4, 0.5) is 26.3 Å². The van der Waals surface area contributed by atoms with Gasteiger partial charge in [0.15, 0.2) is 0 Å². The van der Waals surface area contributed by atoms with Crippen molar-refractivity contribution in [3.8, 4) is 0 Å². The van der Waals surface area contributed by atoms with Gasteiger partial charge in [0.2, 0.25) is 5.76 Å². The van der Waals surface area contributed by atoms with Gasteiger partial charge in [-0.15, -0.1) is 0 Å². The molecule has 0 saturated heterocycles. The fourth-order valence-corrected chi connectivity index (χ4v) is 20.6. The minimum absolute atomic E-state index is 0. The summed E-state index contributed by atoms with van der Waals surface area (Å²) in [6.07, 6.45) is 13.5. The Morgan fingerprint density at radius 3 is 0.933 bits per heavy atom. The van der Waals surface area contributed by atoms with E-state index in [9.17, 15) is 40.3 Å². The fourth-order valence-electron chi connectivity index (χ4n) is 10.9. The van der Waals surface area contributed by atoms with Crippen LogP contribution < -0.4 is 10.6 Å². The summed E-state index contributed by atoms with van der Waals surface area (Å²) in [6, 6.07) is 9.06. The zero-order chi connectivity index (χ0) is 43.8. The van der Waals surface area contributed by atoms with Crippen LogP contribution in [0.1, 0.15) is 162 Å². The maximum atomic E-state index is 14.7. The number of hydrogen-bond acceptors (Lipinski definition) is 4. The standard InChI is InChI=1S/2C21H33OP.C5H2F6O2.Eu/c2*1-16-14-17(2)21(18(3)15-16)23(22,19-10-6-4-7-11-19)20-12-8-5-9-13-20;6-4(7,8)2(12)1-3(13)5(9,10)11;/h2*14-15,19-20H,4-13H2,1-3H3;1,12H;/b;;2-1-;. The third-order valence-corrected chi connectivity index (χ3v) is 22.5. The monoisotopic (exact) mass is 1030 g/mol. The van der Waals surface area contributed by atoms with Crippen molar-refractivity contribution in [1.29, 1.82) is 0 Å².